The van der Waals surface area contributed by atoms with Crippen molar-refractivity contribution in [1.82, 2.24) is 14.0 Å². The van der Waals surface area contributed by atoms with E-state index in [4.69, 9.17) is 29.6 Å². The van der Waals surface area contributed by atoms with Crippen LogP contribution in [0.5, 0.6) is 0 Å². The number of amides is 1. The number of nitrogens with zero attached hydrogens (tertiary/aromatic N) is 3. The van der Waals surface area contributed by atoms with Gasteiger partial charge in [0, 0.05) is 47.5 Å². The molecule has 3 heterocycles. The highest BCUT2D eigenvalue weighted by molar-refractivity contribution is 6.38. The quantitative estimate of drug-likeness (QED) is 0.106. The van der Waals surface area contributed by atoms with Crippen molar-refractivity contribution >= 4 is 57.1 Å². The first-order valence-electron chi connectivity index (χ1n) is 12.0. The number of aromatic nitrogens is 3. The van der Waals surface area contributed by atoms with E-state index in [9.17, 15) is 18.4 Å². The molecule has 0 fully saturated rings. The summed E-state index contributed by atoms with van der Waals surface area (Å²) in [5.74, 6) is -0.0507. The van der Waals surface area contributed by atoms with Gasteiger partial charge in [0.25, 0.3) is 0 Å². The summed E-state index contributed by atoms with van der Waals surface area (Å²) < 4.78 is 33.0. The van der Waals surface area contributed by atoms with Crippen molar-refractivity contribution in [3.63, 3.8) is 0 Å². The van der Waals surface area contributed by atoms with Gasteiger partial charge in [-0.25, -0.2) is 13.8 Å². The molecule has 1 amide bonds. The molecule has 1 N–H and O–H groups in total. The number of hydrogen-bond acceptors (Lipinski definition) is 3. The first-order chi connectivity index (χ1) is 19.2. The summed E-state index contributed by atoms with van der Waals surface area (Å²) in [5.41, 5.74) is 3.03. The SMILES string of the molecule is C#Cc1cc2c(nc(C)n2C)c(Cl)c1-c1cccn2c(C(=O)c3cc(F)c(NC(=O)/C=C/CCl)c(F)c3)ccc12. The number of pyridine rings is 1. The lowest BCUT2D eigenvalue weighted by Gasteiger charge is -2.12. The Hall–Kier alpha value is -4.45. The fourth-order valence-corrected chi connectivity index (χ4v) is 5.03. The molecule has 0 bridgehead atoms. The highest BCUT2D eigenvalue weighted by Gasteiger charge is 2.23. The van der Waals surface area contributed by atoms with Crippen LogP contribution in [0.4, 0.5) is 14.5 Å². The second-order valence-corrected chi connectivity index (χ2v) is 9.62. The highest BCUT2D eigenvalue weighted by Crippen LogP contribution is 2.39. The molecule has 200 valence electrons. The number of allylic oxidation sites excluding steroid dienone is 1. The van der Waals surface area contributed by atoms with Crippen molar-refractivity contribution in [2.24, 2.45) is 7.05 Å². The minimum Gasteiger partial charge on any atom is -0.331 e. The number of imidazole rings is 1. The number of fused-ring (bicyclic) bond motifs is 2. The van der Waals surface area contributed by atoms with Gasteiger partial charge < -0.3 is 14.3 Å². The van der Waals surface area contributed by atoms with Gasteiger partial charge >= 0.3 is 0 Å². The summed E-state index contributed by atoms with van der Waals surface area (Å²) in [5, 5.41) is 2.49. The average molecular weight is 577 g/mol. The number of carbonyl (C=O) groups is 2. The predicted octanol–water partition coefficient (Wildman–Crippen LogP) is 6.68. The minimum atomic E-state index is -1.10. The molecule has 0 aliphatic rings. The van der Waals surface area contributed by atoms with Gasteiger partial charge in [0.05, 0.1) is 21.7 Å². The Morgan fingerprint density at radius 2 is 1.88 bits per heavy atom. The van der Waals surface area contributed by atoms with Gasteiger partial charge in [-0.2, -0.15) is 0 Å². The molecule has 0 saturated carbocycles. The lowest BCUT2D eigenvalue weighted by atomic mass is 9.98. The maximum absolute atomic E-state index is 14.8. The molecule has 0 atom stereocenters. The minimum absolute atomic E-state index is 0.0620. The molecule has 0 saturated heterocycles. The van der Waals surface area contributed by atoms with E-state index in [0.29, 0.717) is 32.7 Å². The number of ketones is 1. The molecule has 0 radical (unpaired) electrons. The van der Waals surface area contributed by atoms with Gasteiger partial charge in [0.2, 0.25) is 11.7 Å². The van der Waals surface area contributed by atoms with E-state index in [0.717, 1.165) is 29.5 Å². The van der Waals surface area contributed by atoms with Gasteiger partial charge in [-0.3, -0.25) is 9.59 Å². The van der Waals surface area contributed by atoms with Crippen LogP contribution in [0.2, 0.25) is 5.02 Å². The smallest absolute Gasteiger partial charge is 0.248 e. The summed E-state index contributed by atoms with van der Waals surface area (Å²) in [6.45, 7) is 1.86. The third kappa shape index (κ3) is 4.53. The van der Waals surface area contributed by atoms with Gasteiger partial charge in [-0.15, -0.1) is 18.0 Å². The van der Waals surface area contributed by atoms with Crippen LogP contribution in [0.1, 0.15) is 27.4 Å². The normalized spacial score (nSPS) is 11.4. The topological polar surface area (TPSA) is 68.4 Å². The standard InChI is InChI=1S/C30H20Cl2F2N4O2/c1-4-17-15-24-29(35-16(2)37(24)3)27(32)26(17)19-7-6-12-38-22(19)9-10-23(38)30(40)18-13-20(33)28(21(34)14-18)36-25(39)8-5-11-31/h1,5-10,12-15H,11H2,2-3H3,(H,36,39)/b8-5+. The van der Waals surface area contributed by atoms with E-state index in [1.807, 2.05) is 30.7 Å². The molecule has 0 aliphatic carbocycles. The number of benzene rings is 2. The van der Waals surface area contributed by atoms with Crippen LogP contribution >= 0.6 is 23.2 Å². The Morgan fingerprint density at radius 1 is 1.15 bits per heavy atom. The number of rotatable bonds is 6. The summed E-state index contributed by atoms with van der Waals surface area (Å²) in [4.78, 5) is 29.8. The number of anilines is 1. The van der Waals surface area contributed by atoms with Crippen molar-refractivity contribution in [2.45, 2.75) is 6.92 Å². The number of terminal acetylenes is 1. The number of aryl methyl sites for hydroxylation is 2. The Balaban J connectivity index is 1.59. The molecule has 6 nitrogen and oxygen atoms in total. The van der Waals surface area contributed by atoms with Crippen molar-refractivity contribution < 1.29 is 18.4 Å². The van der Waals surface area contributed by atoms with Crippen LogP contribution < -0.4 is 5.32 Å². The zero-order valence-corrected chi connectivity index (χ0v) is 22.7. The first kappa shape index (κ1) is 27.1. The Labute approximate surface area is 237 Å². The third-order valence-electron chi connectivity index (χ3n) is 6.60. The maximum Gasteiger partial charge on any atom is 0.248 e. The molecule has 10 heteroatoms. The molecule has 0 aliphatic heterocycles. The second-order valence-electron chi connectivity index (χ2n) is 8.93. The van der Waals surface area contributed by atoms with Crippen LogP contribution in [0.3, 0.4) is 0 Å². The molecule has 40 heavy (non-hydrogen) atoms. The maximum atomic E-state index is 14.8. The van der Waals surface area contributed by atoms with E-state index < -0.39 is 29.0 Å². The molecule has 0 unspecified atom stereocenters. The molecule has 0 spiro atoms. The Kier molecular flexibility index (Phi) is 7.19. The van der Waals surface area contributed by atoms with Crippen LogP contribution in [-0.2, 0) is 11.8 Å². The van der Waals surface area contributed by atoms with Crippen LogP contribution in [0.15, 0.2) is 60.8 Å². The number of hydrogen-bond donors (Lipinski definition) is 1. The van der Waals surface area contributed by atoms with Crippen molar-refractivity contribution in [2.75, 3.05) is 11.2 Å². The van der Waals surface area contributed by atoms with Crippen molar-refractivity contribution in [3.8, 4) is 23.5 Å². The Bertz CT molecular complexity index is 1910. The largest absolute Gasteiger partial charge is 0.331 e. The molecular formula is C30H20Cl2F2N4O2. The van der Waals surface area contributed by atoms with E-state index in [1.165, 1.54) is 6.08 Å². The molecule has 3 aromatic heterocycles. The first-order valence-corrected chi connectivity index (χ1v) is 12.9. The number of halogens is 4. The predicted molar refractivity (Wildman–Crippen MR) is 153 cm³/mol. The van der Waals surface area contributed by atoms with Crippen molar-refractivity contribution in [3.05, 3.63) is 100 Å². The van der Waals surface area contributed by atoms with E-state index in [2.05, 4.69) is 16.2 Å². The molecule has 5 aromatic rings. The monoisotopic (exact) mass is 576 g/mol. The highest BCUT2D eigenvalue weighted by atomic mass is 35.5. The van der Waals surface area contributed by atoms with Crippen LogP contribution in [-0.4, -0.2) is 31.5 Å². The average Bonchev–Trinajstić information content (AvgIpc) is 3.50. The van der Waals surface area contributed by atoms with E-state index in [-0.39, 0.29) is 17.1 Å². The molecule has 5 rings (SSSR count). The van der Waals surface area contributed by atoms with Gasteiger partial charge in [-0.1, -0.05) is 29.7 Å². The van der Waals surface area contributed by atoms with Gasteiger partial charge in [-0.05, 0) is 43.3 Å². The van der Waals surface area contributed by atoms with E-state index in [1.54, 1.807) is 28.8 Å². The van der Waals surface area contributed by atoms with Gasteiger partial charge in [0.15, 0.2) is 0 Å². The summed E-state index contributed by atoms with van der Waals surface area (Å²) in [6.07, 6.45) is 9.90. The summed E-state index contributed by atoms with van der Waals surface area (Å²) >= 11 is 12.3. The van der Waals surface area contributed by atoms with E-state index >= 15 is 0 Å². The summed E-state index contributed by atoms with van der Waals surface area (Å²) in [7, 11) is 1.87. The fraction of sp³-hybridized carbons (Fsp3) is 0.100. The van der Waals surface area contributed by atoms with Crippen molar-refractivity contribution in [1.29, 1.82) is 0 Å². The van der Waals surface area contributed by atoms with Crippen LogP contribution in [0, 0.1) is 30.9 Å². The zero-order valence-electron chi connectivity index (χ0n) is 21.2. The number of alkyl halides is 1. The van der Waals surface area contributed by atoms with Crippen LogP contribution in [0.25, 0.3) is 27.7 Å². The third-order valence-corrected chi connectivity index (χ3v) is 7.15. The molecular weight excluding hydrogens is 557 g/mol. The number of nitrogens with one attached hydrogen (secondary N) is 1. The lowest BCUT2D eigenvalue weighted by Crippen LogP contribution is -2.13. The van der Waals surface area contributed by atoms with Gasteiger partial charge in [0.1, 0.15) is 28.7 Å². The Morgan fingerprint density at radius 3 is 2.55 bits per heavy atom. The summed E-state index contributed by atoms with van der Waals surface area (Å²) in [6, 6.07) is 10.4. The lowest BCUT2D eigenvalue weighted by molar-refractivity contribution is -0.112. The molecule has 2 aromatic carbocycles. The fourth-order valence-electron chi connectivity index (χ4n) is 4.60. The zero-order chi connectivity index (χ0) is 28.7. The number of carbonyl (C=O) groups excluding carboxylic acids is 2. The second kappa shape index (κ2) is 10.6.